The zero-order valence-corrected chi connectivity index (χ0v) is 24.9. The molecule has 214 valence electrons. The predicted molar refractivity (Wildman–Crippen MR) is 166 cm³/mol. The quantitative estimate of drug-likeness (QED) is 0.258. The Morgan fingerprint density at radius 1 is 1.10 bits per heavy atom. The maximum atomic E-state index is 13.7. The van der Waals surface area contributed by atoms with Crippen LogP contribution in [-0.2, 0) is 0 Å². The molecule has 1 N–H and O–H groups in total. The van der Waals surface area contributed by atoms with E-state index in [4.69, 9.17) is 4.74 Å². The molecule has 0 spiro atoms. The number of rotatable bonds is 5. The van der Waals surface area contributed by atoms with E-state index < -0.39 is 11.9 Å². The number of benzene rings is 3. The molecule has 10 heteroatoms. The van der Waals surface area contributed by atoms with Crippen LogP contribution in [0.4, 0.5) is 20.6 Å². The molecule has 1 saturated heterocycles. The molecule has 42 heavy (non-hydrogen) atoms. The number of halogens is 1. The van der Waals surface area contributed by atoms with Crippen LogP contribution in [0.15, 0.2) is 89.3 Å². The molecule has 0 radical (unpaired) electrons. The van der Waals surface area contributed by atoms with Gasteiger partial charge in [0.25, 0.3) is 0 Å². The highest BCUT2D eigenvalue weighted by molar-refractivity contribution is 8.14. The van der Waals surface area contributed by atoms with Gasteiger partial charge in [-0.3, -0.25) is 4.90 Å². The molecule has 0 aliphatic carbocycles. The first-order valence-electron chi connectivity index (χ1n) is 13.7. The number of thioether (sulfide) groups is 1. The molecular weight excluding hydrogens is 551 g/mol. The van der Waals surface area contributed by atoms with Gasteiger partial charge in [0.2, 0.25) is 5.85 Å². The van der Waals surface area contributed by atoms with Gasteiger partial charge in [-0.25, -0.2) is 14.5 Å². The molecule has 2 amide bonds. The van der Waals surface area contributed by atoms with Gasteiger partial charge in [-0.05, 0) is 79.6 Å². The molecule has 4 aromatic rings. The number of hydrogen-bond acceptors (Lipinski definition) is 5. The van der Waals surface area contributed by atoms with Crippen molar-refractivity contribution in [1.29, 1.82) is 0 Å². The smallest absolute Gasteiger partial charge is 0.347 e. The van der Waals surface area contributed by atoms with E-state index >= 15 is 0 Å². The van der Waals surface area contributed by atoms with E-state index in [9.17, 15) is 9.18 Å². The minimum atomic E-state index is -1.76. The number of aromatic nitrogens is 3. The lowest BCUT2D eigenvalue weighted by Gasteiger charge is -2.33. The summed E-state index contributed by atoms with van der Waals surface area (Å²) in [5.41, 5.74) is 8.26. The summed E-state index contributed by atoms with van der Waals surface area (Å²) in [7, 11) is 0. The molecule has 6 rings (SSSR count). The third-order valence-corrected chi connectivity index (χ3v) is 8.29. The van der Waals surface area contributed by atoms with E-state index in [0.29, 0.717) is 28.3 Å². The molecule has 3 heterocycles. The van der Waals surface area contributed by atoms with Gasteiger partial charge >= 0.3 is 6.03 Å². The Morgan fingerprint density at radius 2 is 1.83 bits per heavy atom. The van der Waals surface area contributed by atoms with Crippen LogP contribution in [0.1, 0.15) is 44.7 Å². The van der Waals surface area contributed by atoms with E-state index in [2.05, 4.69) is 64.3 Å². The number of fused-ring (bicyclic) bond motifs is 3. The number of ether oxygens (including phenoxy) is 1. The third kappa shape index (κ3) is 5.54. The summed E-state index contributed by atoms with van der Waals surface area (Å²) in [5, 5.41) is 8.12. The standard InChI is InChI=1S/C32H31FN6O2S/c1-19-6-15-27-26(16-19)20(2)21(3)28-17-42-31(39(27)28)36-30(40)35-23-9-7-22(8-10-23)29-34-18-38(37-29)24-11-13-25(14-12-24)41-32(4,5)33/h6-16,18,20H,17H2,1-5H3,(H,35,40). The maximum Gasteiger partial charge on any atom is 0.347 e. The number of urea groups is 1. The number of alkyl halides is 1. The molecule has 0 saturated carbocycles. The molecule has 2 aliphatic rings. The fourth-order valence-electron chi connectivity index (χ4n) is 5.11. The molecule has 1 atom stereocenters. The van der Waals surface area contributed by atoms with Crippen molar-refractivity contribution in [3.05, 3.63) is 95.5 Å². The van der Waals surface area contributed by atoms with Crippen molar-refractivity contribution in [2.24, 2.45) is 4.99 Å². The molecule has 3 aromatic carbocycles. The van der Waals surface area contributed by atoms with E-state index in [1.54, 1.807) is 59.2 Å². The third-order valence-electron chi connectivity index (χ3n) is 7.34. The summed E-state index contributed by atoms with van der Waals surface area (Å²) in [4.78, 5) is 23.9. The zero-order valence-electron chi connectivity index (χ0n) is 24.1. The number of nitrogens with one attached hydrogen (secondary N) is 1. The Hall–Kier alpha value is -4.44. The molecule has 8 nitrogen and oxygen atoms in total. The van der Waals surface area contributed by atoms with Crippen molar-refractivity contribution in [3.63, 3.8) is 0 Å². The second-order valence-corrected chi connectivity index (χ2v) is 11.9. The monoisotopic (exact) mass is 582 g/mol. The van der Waals surface area contributed by atoms with Crippen molar-refractivity contribution >= 4 is 34.3 Å². The lowest BCUT2D eigenvalue weighted by atomic mass is 9.86. The zero-order chi connectivity index (χ0) is 29.6. The molecule has 0 bridgehead atoms. The molecule has 2 aliphatic heterocycles. The second kappa shape index (κ2) is 10.8. The highest BCUT2D eigenvalue weighted by atomic mass is 32.2. The van der Waals surface area contributed by atoms with Crippen molar-refractivity contribution < 1.29 is 13.9 Å². The number of nitrogens with zero attached hydrogens (tertiary/aromatic N) is 5. The fraction of sp³-hybridized carbons (Fsp3) is 0.250. The van der Waals surface area contributed by atoms with Gasteiger partial charge in [0.1, 0.15) is 12.1 Å². The number of amides is 2. The van der Waals surface area contributed by atoms with Gasteiger partial charge in [0, 0.05) is 42.5 Å². The van der Waals surface area contributed by atoms with Crippen LogP contribution in [0.25, 0.3) is 17.1 Å². The first-order valence-corrected chi connectivity index (χ1v) is 14.7. The van der Waals surface area contributed by atoms with E-state index in [1.807, 2.05) is 12.1 Å². The number of hydrogen-bond donors (Lipinski definition) is 1. The highest BCUT2D eigenvalue weighted by Crippen LogP contribution is 2.46. The van der Waals surface area contributed by atoms with Crippen LogP contribution < -0.4 is 15.0 Å². The Balaban J connectivity index is 1.14. The van der Waals surface area contributed by atoms with Gasteiger partial charge in [-0.1, -0.05) is 36.4 Å². The molecular formula is C32H31FN6O2S. The van der Waals surface area contributed by atoms with E-state index in [-0.39, 0.29) is 0 Å². The lowest BCUT2D eigenvalue weighted by molar-refractivity contribution is -0.0257. The lowest BCUT2D eigenvalue weighted by Crippen LogP contribution is -2.30. The number of carbonyl (C=O) groups excluding carboxylic acids is 1. The van der Waals surface area contributed by atoms with Gasteiger partial charge in [0.15, 0.2) is 11.0 Å². The number of amidine groups is 1. The summed E-state index contributed by atoms with van der Waals surface area (Å²) in [5.74, 6) is 0.321. The molecule has 1 fully saturated rings. The molecule has 1 aromatic heterocycles. The SMILES string of the molecule is CC1=C2CSC(=NC(=O)Nc3ccc(-c4ncn(-c5ccc(OC(C)(C)F)cc5)n4)cc3)N2c2ccc(C)cc2C1C. The average Bonchev–Trinajstić information content (AvgIpc) is 3.60. The van der Waals surface area contributed by atoms with Crippen LogP contribution in [0.5, 0.6) is 5.75 Å². The summed E-state index contributed by atoms with van der Waals surface area (Å²) in [6.45, 7) is 9.21. The predicted octanol–water partition coefficient (Wildman–Crippen LogP) is 7.86. The Labute approximate surface area is 248 Å². The summed E-state index contributed by atoms with van der Waals surface area (Å²) >= 11 is 1.58. The number of carbonyl (C=O) groups is 1. The number of aryl methyl sites for hydroxylation is 1. The van der Waals surface area contributed by atoms with Crippen LogP contribution in [0, 0.1) is 6.92 Å². The van der Waals surface area contributed by atoms with Crippen LogP contribution >= 0.6 is 11.8 Å². The normalized spacial score (nSPS) is 17.3. The Morgan fingerprint density at radius 3 is 2.55 bits per heavy atom. The highest BCUT2D eigenvalue weighted by Gasteiger charge is 2.36. The minimum Gasteiger partial charge on any atom is -0.459 e. The van der Waals surface area contributed by atoms with Gasteiger partial charge < -0.3 is 10.1 Å². The van der Waals surface area contributed by atoms with E-state index in [0.717, 1.165) is 22.7 Å². The van der Waals surface area contributed by atoms with Crippen LogP contribution in [-0.4, -0.2) is 37.6 Å². The minimum absolute atomic E-state index is 0.328. The first-order chi connectivity index (χ1) is 20.1. The van der Waals surface area contributed by atoms with Crippen LogP contribution in [0.2, 0.25) is 0 Å². The number of aliphatic imine (C=N–C) groups is 1. The molecule has 1 unspecified atom stereocenters. The topological polar surface area (TPSA) is 84.6 Å². The fourth-order valence-corrected chi connectivity index (χ4v) is 6.22. The number of allylic oxidation sites excluding steroid dienone is 1. The Kier molecular flexibility index (Phi) is 7.10. The van der Waals surface area contributed by atoms with Crippen molar-refractivity contribution in [2.45, 2.75) is 46.4 Å². The van der Waals surface area contributed by atoms with E-state index in [1.165, 1.54) is 36.2 Å². The Bertz CT molecular complexity index is 1720. The average molecular weight is 583 g/mol. The first kappa shape index (κ1) is 27.7. The largest absolute Gasteiger partial charge is 0.459 e. The maximum absolute atomic E-state index is 13.7. The van der Waals surface area contributed by atoms with Crippen LogP contribution in [0.3, 0.4) is 0 Å². The van der Waals surface area contributed by atoms with Crippen molar-refractivity contribution in [1.82, 2.24) is 14.8 Å². The van der Waals surface area contributed by atoms with Gasteiger partial charge in [-0.15, -0.1) is 5.10 Å². The second-order valence-electron chi connectivity index (χ2n) is 10.9. The summed E-state index contributed by atoms with van der Waals surface area (Å²) in [6.07, 6.45) is 1.61. The summed E-state index contributed by atoms with van der Waals surface area (Å²) < 4.78 is 20.6. The van der Waals surface area contributed by atoms with Crippen molar-refractivity contribution in [3.8, 4) is 22.8 Å². The van der Waals surface area contributed by atoms with Gasteiger partial charge in [0.05, 0.1) is 11.4 Å². The summed E-state index contributed by atoms with van der Waals surface area (Å²) in [6, 6.07) is 20.3. The number of anilines is 2. The van der Waals surface area contributed by atoms with Gasteiger partial charge in [-0.2, -0.15) is 9.38 Å². The van der Waals surface area contributed by atoms with Crippen molar-refractivity contribution in [2.75, 3.05) is 16.0 Å².